The molecule has 3 amide bonds. The zero-order valence-electron chi connectivity index (χ0n) is 11.8. The van der Waals surface area contributed by atoms with Crippen molar-refractivity contribution in [2.75, 3.05) is 7.11 Å². The number of rotatable bonds is 6. The van der Waals surface area contributed by atoms with Crippen molar-refractivity contribution in [2.24, 2.45) is 10.9 Å². The molecule has 0 aliphatic rings. The minimum atomic E-state index is -0.939. The highest BCUT2D eigenvalue weighted by Gasteiger charge is 2.17. The first-order chi connectivity index (χ1) is 10.1. The number of benzene rings is 1. The van der Waals surface area contributed by atoms with Crippen molar-refractivity contribution in [1.29, 1.82) is 0 Å². The molecule has 0 atom stereocenters. The molecule has 0 aromatic heterocycles. The quantitative estimate of drug-likeness (QED) is 0.358. The fraction of sp³-hybridized carbons (Fsp3) is 0.214. The van der Waals surface area contributed by atoms with E-state index in [-0.39, 0.29) is 12.2 Å². The molecular formula is C14H17N3O4. The average molecular weight is 291 g/mol. The van der Waals surface area contributed by atoms with Crippen molar-refractivity contribution >= 4 is 23.7 Å². The van der Waals surface area contributed by atoms with Gasteiger partial charge in [0.15, 0.2) is 0 Å². The monoisotopic (exact) mass is 291 g/mol. The molecule has 0 radical (unpaired) electrons. The Morgan fingerprint density at radius 3 is 2.71 bits per heavy atom. The zero-order valence-corrected chi connectivity index (χ0v) is 11.8. The van der Waals surface area contributed by atoms with Gasteiger partial charge in [-0.3, -0.25) is 10.1 Å². The number of imide groups is 1. The van der Waals surface area contributed by atoms with Crippen molar-refractivity contribution in [3.63, 3.8) is 0 Å². The number of amides is 3. The van der Waals surface area contributed by atoms with Gasteiger partial charge in [-0.2, -0.15) is 0 Å². The first-order valence-corrected chi connectivity index (χ1v) is 6.12. The summed E-state index contributed by atoms with van der Waals surface area (Å²) in [5.41, 5.74) is 6.40. The molecule has 0 saturated carbocycles. The Hall–Kier alpha value is -2.83. The van der Waals surface area contributed by atoms with Crippen molar-refractivity contribution < 1.29 is 19.2 Å². The standard InChI is InChI=1S/C14H17N3O4/c1-3-16-21-8-10-6-4-5-7-11(10)12(9-20-2)13(18)17-14(15)19/h3-7,9H,8H2,1-2H3,(H3,15,17,18,19)/b12-9+,16-3-. The number of nitrogens with two attached hydrogens (primary N) is 1. The highest BCUT2D eigenvalue weighted by molar-refractivity contribution is 6.23. The molecule has 7 heteroatoms. The molecule has 112 valence electrons. The van der Waals surface area contributed by atoms with Gasteiger partial charge in [-0.05, 0) is 12.5 Å². The van der Waals surface area contributed by atoms with Crippen LogP contribution >= 0.6 is 0 Å². The molecule has 0 fully saturated rings. The Morgan fingerprint density at radius 1 is 1.38 bits per heavy atom. The van der Waals surface area contributed by atoms with Gasteiger partial charge in [0, 0.05) is 11.8 Å². The molecule has 0 bridgehead atoms. The summed E-state index contributed by atoms with van der Waals surface area (Å²) in [6.45, 7) is 1.90. The molecule has 7 nitrogen and oxygen atoms in total. The number of carbonyl (C=O) groups excluding carboxylic acids is 2. The molecule has 21 heavy (non-hydrogen) atoms. The molecule has 3 N–H and O–H groups in total. The van der Waals surface area contributed by atoms with E-state index in [1.165, 1.54) is 19.6 Å². The molecule has 1 aromatic rings. The smallest absolute Gasteiger partial charge is 0.319 e. The summed E-state index contributed by atoms with van der Waals surface area (Å²) in [4.78, 5) is 27.9. The first kappa shape index (κ1) is 16.2. The van der Waals surface area contributed by atoms with Crippen LogP contribution < -0.4 is 11.1 Å². The van der Waals surface area contributed by atoms with Gasteiger partial charge in [0.25, 0.3) is 5.91 Å². The fourth-order valence-electron chi connectivity index (χ4n) is 1.63. The minimum Gasteiger partial charge on any atom is -0.504 e. The third-order valence-electron chi connectivity index (χ3n) is 2.42. The van der Waals surface area contributed by atoms with Crippen molar-refractivity contribution in [3.8, 4) is 0 Å². The maximum atomic E-state index is 12.0. The third-order valence-corrected chi connectivity index (χ3v) is 2.42. The van der Waals surface area contributed by atoms with Crippen molar-refractivity contribution in [3.05, 3.63) is 41.7 Å². The predicted octanol–water partition coefficient (Wildman–Crippen LogP) is 1.39. The van der Waals surface area contributed by atoms with Crippen molar-refractivity contribution in [1.82, 2.24) is 5.32 Å². The number of nitrogens with zero attached hydrogens (tertiary/aromatic N) is 1. The lowest BCUT2D eigenvalue weighted by molar-refractivity contribution is -0.114. The number of methoxy groups -OCH3 is 1. The van der Waals surface area contributed by atoms with Crippen LogP contribution in [0.1, 0.15) is 18.1 Å². The van der Waals surface area contributed by atoms with Gasteiger partial charge in [0.05, 0.1) is 18.9 Å². The number of hydrogen-bond donors (Lipinski definition) is 2. The summed E-state index contributed by atoms with van der Waals surface area (Å²) in [7, 11) is 1.40. The predicted molar refractivity (Wildman–Crippen MR) is 78.1 cm³/mol. The minimum absolute atomic E-state index is 0.163. The Bertz CT molecular complexity index is 567. The summed E-state index contributed by atoms with van der Waals surface area (Å²) in [6, 6.07) is 6.10. The molecule has 0 heterocycles. The summed E-state index contributed by atoms with van der Waals surface area (Å²) >= 11 is 0. The van der Waals surface area contributed by atoms with E-state index in [9.17, 15) is 9.59 Å². The molecule has 1 rings (SSSR count). The summed E-state index contributed by atoms with van der Waals surface area (Å²) in [5.74, 6) is -0.657. The topological polar surface area (TPSA) is 103 Å². The second-order valence-corrected chi connectivity index (χ2v) is 3.88. The molecule has 0 unspecified atom stereocenters. The number of ether oxygens (including phenoxy) is 1. The van der Waals surface area contributed by atoms with E-state index in [4.69, 9.17) is 15.3 Å². The molecule has 0 aliphatic carbocycles. The van der Waals surface area contributed by atoms with Crippen LogP contribution in [0.15, 0.2) is 35.7 Å². The van der Waals surface area contributed by atoms with E-state index in [1.54, 1.807) is 31.2 Å². The van der Waals surface area contributed by atoms with Gasteiger partial charge in [0.1, 0.15) is 6.61 Å². The number of urea groups is 1. The van der Waals surface area contributed by atoms with Crippen LogP contribution in [-0.4, -0.2) is 25.3 Å². The van der Waals surface area contributed by atoms with E-state index in [0.29, 0.717) is 11.1 Å². The van der Waals surface area contributed by atoms with E-state index in [1.807, 2.05) is 5.32 Å². The Kier molecular flexibility index (Phi) is 6.46. The maximum absolute atomic E-state index is 12.0. The van der Waals surface area contributed by atoms with Crippen LogP contribution in [-0.2, 0) is 21.0 Å². The van der Waals surface area contributed by atoms with E-state index in [0.717, 1.165) is 0 Å². The summed E-state index contributed by atoms with van der Waals surface area (Å²) < 4.78 is 4.90. The van der Waals surface area contributed by atoms with Crippen LogP contribution in [0.2, 0.25) is 0 Å². The van der Waals surface area contributed by atoms with Crippen LogP contribution in [0.5, 0.6) is 0 Å². The number of nitrogens with one attached hydrogen (secondary N) is 1. The van der Waals surface area contributed by atoms with Gasteiger partial charge in [-0.15, -0.1) is 0 Å². The third kappa shape index (κ3) is 4.98. The van der Waals surface area contributed by atoms with Gasteiger partial charge in [-0.1, -0.05) is 29.4 Å². The van der Waals surface area contributed by atoms with Gasteiger partial charge in [-0.25, -0.2) is 4.79 Å². The van der Waals surface area contributed by atoms with Crippen LogP contribution in [0, 0.1) is 0 Å². The largest absolute Gasteiger partial charge is 0.504 e. The van der Waals surface area contributed by atoms with Gasteiger partial charge < -0.3 is 15.3 Å². The highest BCUT2D eigenvalue weighted by atomic mass is 16.6. The van der Waals surface area contributed by atoms with Crippen molar-refractivity contribution in [2.45, 2.75) is 13.5 Å². The molecular weight excluding hydrogens is 274 g/mol. The second kappa shape index (κ2) is 8.36. The molecule has 0 spiro atoms. The number of primary amides is 1. The Balaban J connectivity index is 3.11. The Morgan fingerprint density at radius 2 is 2.10 bits per heavy atom. The number of hydrogen-bond acceptors (Lipinski definition) is 5. The molecule has 0 saturated heterocycles. The molecule has 1 aromatic carbocycles. The summed E-state index contributed by atoms with van der Waals surface area (Å²) in [5, 5.41) is 5.66. The van der Waals surface area contributed by atoms with Crippen LogP contribution in [0.3, 0.4) is 0 Å². The van der Waals surface area contributed by atoms with Gasteiger partial charge in [0.2, 0.25) is 0 Å². The lowest BCUT2D eigenvalue weighted by Crippen LogP contribution is -2.35. The normalized spacial score (nSPS) is 11.2. The van der Waals surface area contributed by atoms with Crippen LogP contribution in [0.4, 0.5) is 4.79 Å². The molecule has 0 aliphatic heterocycles. The van der Waals surface area contributed by atoms with Gasteiger partial charge >= 0.3 is 6.03 Å². The van der Waals surface area contributed by atoms with E-state index >= 15 is 0 Å². The number of carbonyl (C=O) groups is 2. The SMILES string of the molecule is C/C=N\OCc1ccccc1/C(=C\OC)C(=O)NC(N)=O. The second-order valence-electron chi connectivity index (χ2n) is 3.88. The summed E-state index contributed by atoms with van der Waals surface area (Å²) in [6.07, 6.45) is 2.74. The lowest BCUT2D eigenvalue weighted by atomic mass is 10.0. The average Bonchev–Trinajstić information content (AvgIpc) is 2.45. The van der Waals surface area contributed by atoms with Crippen LogP contribution in [0.25, 0.3) is 5.57 Å². The lowest BCUT2D eigenvalue weighted by Gasteiger charge is -2.11. The number of oxime groups is 1. The van der Waals surface area contributed by atoms with E-state index in [2.05, 4.69) is 5.16 Å². The van der Waals surface area contributed by atoms with E-state index < -0.39 is 11.9 Å². The zero-order chi connectivity index (χ0) is 15.7. The first-order valence-electron chi connectivity index (χ1n) is 6.12. The highest BCUT2D eigenvalue weighted by Crippen LogP contribution is 2.20. The fourth-order valence-corrected chi connectivity index (χ4v) is 1.63. The maximum Gasteiger partial charge on any atom is 0.319 e. The Labute approximate surface area is 122 Å².